The van der Waals surface area contributed by atoms with Gasteiger partial charge in [-0.1, -0.05) is 11.8 Å². The highest BCUT2D eigenvalue weighted by Gasteiger charge is 1.96. The molecule has 0 atom stereocenters. The lowest BCUT2D eigenvalue weighted by Crippen LogP contribution is -2.08. The van der Waals surface area contributed by atoms with Crippen LogP contribution in [0.4, 0.5) is 0 Å². The monoisotopic (exact) mass is 242 g/mol. The van der Waals surface area contributed by atoms with Gasteiger partial charge in [-0.2, -0.15) is 5.10 Å². The number of ether oxygens (including phenoxy) is 1. The normalized spacial score (nSPS) is 9.61. The summed E-state index contributed by atoms with van der Waals surface area (Å²) < 4.78 is 7.39. The summed E-state index contributed by atoms with van der Waals surface area (Å²) in [5, 5.41) is 4.09. The molecule has 2 rings (SSSR count). The molecule has 5 heteroatoms. The lowest BCUT2D eigenvalue weighted by molar-refractivity contribution is 0.290. The molecule has 0 aliphatic rings. The maximum absolute atomic E-state index is 5.58. The smallest absolute Gasteiger partial charge is 0.138 e. The highest BCUT2D eigenvalue weighted by atomic mass is 16.5. The van der Waals surface area contributed by atoms with Gasteiger partial charge in [0, 0.05) is 24.2 Å². The summed E-state index contributed by atoms with van der Waals surface area (Å²) in [6.45, 7) is 1.58. The third kappa shape index (κ3) is 3.61. The van der Waals surface area contributed by atoms with Gasteiger partial charge in [-0.3, -0.25) is 9.67 Å². The van der Waals surface area contributed by atoms with E-state index in [-0.39, 0.29) is 0 Å². The topological polar surface area (TPSA) is 66.0 Å². The molecule has 2 heterocycles. The number of aromatic nitrogens is 3. The van der Waals surface area contributed by atoms with Gasteiger partial charge in [0.15, 0.2) is 0 Å². The summed E-state index contributed by atoms with van der Waals surface area (Å²) in [7, 11) is 0. The summed E-state index contributed by atoms with van der Waals surface area (Å²) >= 11 is 0. The molecule has 0 amide bonds. The van der Waals surface area contributed by atoms with E-state index in [2.05, 4.69) is 21.9 Å². The lowest BCUT2D eigenvalue weighted by atomic mass is 10.3. The van der Waals surface area contributed by atoms with Gasteiger partial charge in [-0.15, -0.1) is 0 Å². The van der Waals surface area contributed by atoms with Crippen LogP contribution in [0.5, 0.6) is 5.75 Å². The Morgan fingerprint density at radius 1 is 1.39 bits per heavy atom. The fourth-order valence-electron chi connectivity index (χ4n) is 1.41. The average Bonchev–Trinajstić information content (AvgIpc) is 2.90. The fraction of sp³-hybridized carbons (Fsp3) is 0.231. The van der Waals surface area contributed by atoms with Crippen molar-refractivity contribution in [2.24, 2.45) is 5.73 Å². The molecule has 2 N–H and O–H groups in total. The first-order valence-corrected chi connectivity index (χ1v) is 5.62. The predicted octanol–water partition coefficient (Wildman–Crippen LogP) is 0.667. The van der Waals surface area contributed by atoms with Crippen LogP contribution in [0.2, 0.25) is 0 Å². The van der Waals surface area contributed by atoms with E-state index in [0.717, 1.165) is 5.56 Å². The maximum atomic E-state index is 5.58. The summed E-state index contributed by atoms with van der Waals surface area (Å²) in [4.78, 5) is 4.06. The van der Waals surface area contributed by atoms with Crippen molar-refractivity contribution < 1.29 is 4.74 Å². The minimum atomic E-state index is 0.338. The third-order valence-electron chi connectivity index (χ3n) is 2.20. The van der Waals surface area contributed by atoms with E-state index >= 15 is 0 Å². The van der Waals surface area contributed by atoms with Crippen LogP contribution in [-0.4, -0.2) is 27.9 Å². The van der Waals surface area contributed by atoms with Crippen molar-refractivity contribution in [3.05, 3.63) is 42.5 Å². The molecule has 0 saturated carbocycles. The molecule has 0 unspecified atom stereocenters. The first-order valence-electron chi connectivity index (χ1n) is 5.62. The molecule has 0 bridgehead atoms. The van der Waals surface area contributed by atoms with Gasteiger partial charge < -0.3 is 10.5 Å². The van der Waals surface area contributed by atoms with Crippen molar-refractivity contribution in [1.29, 1.82) is 0 Å². The van der Waals surface area contributed by atoms with Crippen molar-refractivity contribution in [2.75, 3.05) is 13.2 Å². The van der Waals surface area contributed by atoms with E-state index in [9.17, 15) is 0 Å². The average molecular weight is 242 g/mol. The first kappa shape index (κ1) is 12.1. The van der Waals surface area contributed by atoms with E-state index in [1.54, 1.807) is 18.6 Å². The largest absolute Gasteiger partial charge is 0.490 e. The van der Waals surface area contributed by atoms with E-state index < -0.39 is 0 Å². The Morgan fingerprint density at radius 2 is 2.33 bits per heavy atom. The number of hydrogen-bond donors (Lipinski definition) is 1. The van der Waals surface area contributed by atoms with E-state index in [1.165, 1.54) is 0 Å². The number of rotatable bonds is 4. The predicted molar refractivity (Wildman–Crippen MR) is 67.9 cm³/mol. The number of hydrogen-bond acceptors (Lipinski definition) is 4. The van der Waals surface area contributed by atoms with Crippen molar-refractivity contribution in [3.8, 4) is 17.6 Å². The van der Waals surface area contributed by atoms with Crippen molar-refractivity contribution >= 4 is 0 Å². The van der Waals surface area contributed by atoms with Crippen LogP contribution in [0.3, 0.4) is 0 Å². The molecular weight excluding hydrogens is 228 g/mol. The van der Waals surface area contributed by atoms with Crippen LogP contribution in [-0.2, 0) is 6.54 Å². The van der Waals surface area contributed by atoms with Gasteiger partial charge >= 0.3 is 0 Å². The summed E-state index contributed by atoms with van der Waals surface area (Å²) in [5.74, 6) is 6.39. The zero-order valence-corrected chi connectivity index (χ0v) is 9.91. The number of pyridine rings is 1. The van der Waals surface area contributed by atoms with Gasteiger partial charge in [0.1, 0.15) is 12.4 Å². The highest BCUT2D eigenvalue weighted by molar-refractivity contribution is 5.36. The molecule has 2 aromatic heterocycles. The second-order valence-electron chi connectivity index (χ2n) is 3.53. The Labute approximate surface area is 106 Å². The van der Waals surface area contributed by atoms with Gasteiger partial charge in [-0.25, -0.2) is 0 Å². The molecule has 2 aromatic rings. The van der Waals surface area contributed by atoms with Gasteiger partial charge in [-0.05, 0) is 12.1 Å². The molecule has 0 aliphatic heterocycles. The van der Waals surface area contributed by atoms with E-state index in [0.29, 0.717) is 25.4 Å². The van der Waals surface area contributed by atoms with Crippen LogP contribution in [0.1, 0.15) is 5.56 Å². The Bertz CT molecular complexity index is 540. The second kappa shape index (κ2) is 6.42. The van der Waals surface area contributed by atoms with Crippen LogP contribution >= 0.6 is 0 Å². The van der Waals surface area contributed by atoms with Crippen LogP contribution < -0.4 is 10.5 Å². The zero-order valence-electron chi connectivity index (χ0n) is 9.91. The molecule has 5 nitrogen and oxygen atoms in total. The first-order chi connectivity index (χ1) is 8.88. The van der Waals surface area contributed by atoms with Crippen LogP contribution in [0.25, 0.3) is 0 Å². The maximum Gasteiger partial charge on any atom is 0.138 e. The fourth-order valence-corrected chi connectivity index (χ4v) is 1.41. The Kier molecular flexibility index (Phi) is 4.33. The Balaban J connectivity index is 1.89. The second-order valence-corrected chi connectivity index (χ2v) is 3.53. The van der Waals surface area contributed by atoms with Crippen LogP contribution in [0.15, 0.2) is 36.9 Å². The highest BCUT2D eigenvalue weighted by Crippen LogP contribution is 2.10. The lowest BCUT2D eigenvalue weighted by Gasteiger charge is -2.05. The van der Waals surface area contributed by atoms with Gasteiger partial charge in [0.25, 0.3) is 0 Å². The standard InChI is InChI=1S/C13H14N4O/c14-4-1-3-12-9-13(11-15-10-12)18-8-7-17-6-2-5-16-17/h2,5-6,9-11H,4,7-8,14H2. The van der Waals surface area contributed by atoms with Gasteiger partial charge in [0.2, 0.25) is 0 Å². The molecule has 0 saturated heterocycles. The molecule has 92 valence electrons. The molecule has 0 aliphatic carbocycles. The molecule has 0 aromatic carbocycles. The zero-order chi connectivity index (χ0) is 12.6. The van der Waals surface area contributed by atoms with E-state index in [4.69, 9.17) is 10.5 Å². The van der Waals surface area contributed by atoms with Gasteiger partial charge in [0.05, 0.1) is 19.3 Å². The summed E-state index contributed by atoms with van der Waals surface area (Å²) in [6.07, 6.45) is 6.98. The Hall–Kier alpha value is -2.32. The minimum absolute atomic E-state index is 0.338. The quantitative estimate of drug-likeness (QED) is 0.800. The SMILES string of the molecule is NCC#Cc1cncc(OCCn2cccn2)c1. The van der Waals surface area contributed by atoms with Crippen LogP contribution in [0, 0.1) is 11.8 Å². The molecule has 0 spiro atoms. The Morgan fingerprint density at radius 3 is 3.11 bits per heavy atom. The molecule has 18 heavy (non-hydrogen) atoms. The number of nitrogens with two attached hydrogens (primary N) is 1. The molecule has 0 radical (unpaired) electrons. The van der Waals surface area contributed by atoms with Crippen molar-refractivity contribution in [2.45, 2.75) is 6.54 Å². The third-order valence-corrected chi connectivity index (χ3v) is 2.20. The summed E-state index contributed by atoms with van der Waals surface area (Å²) in [6, 6.07) is 3.73. The van der Waals surface area contributed by atoms with E-state index in [1.807, 2.05) is 23.0 Å². The minimum Gasteiger partial charge on any atom is -0.490 e. The van der Waals surface area contributed by atoms with Crippen molar-refractivity contribution in [3.63, 3.8) is 0 Å². The number of nitrogens with zero attached hydrogens (tertiary/aromatic N) is 3. The molecular formula is C13H14N4O. The molecule has 0 fully saturated rings. The summed E-state index contributed by atoms with van der Waals surface area (Å²) in [5.41, 5.74) is 6.12. The van der Waals surface area contributed by atoms with Crippen molar-refractivity contribution in [1.82, 2.24) is 14.8 Å².